The summed E-state index contributed by atoms with van der Waals surface area (Å²) in [6, 6.07) is 3.80. The van der Waals surface area contributed by atoms with Gasteiger partial charge in [-0.05, 0) is 45.0 Å². The average Bonchev–Trinajstić information content (AvgIpc) is 2.61. The first-order valence-electron chi connectivity index (χ1n) is 8.69. The van der Waals surface area contributed by atoms with Gasteiger partial charge in [0, 0.05) is 29.4 Å². The highest BCUT2D eigenvalue weighted by Gasteiger charge is 2.48. The van der Waals surface area contributed by atoms with Crippen LogP contribution in [0, 0.1) is 12.8 Å². The quantitative estimate of drug-likeness (QED) is 0.828. The highest BCUT2D eigenvalue weighted by Crippen LogP contribution is 2.51. The fourth-order valence-electron chi connectivity index (χ4n) is 4.15. The van der Waals surface area contributed by atoms with Crippen molar-refractivity contribution >= 4 is 5.78 Å². The van der Waals surface area contributed by atoms with Gasteiger partial charge in [0.05, 0.1) is 14.2 Å². The molecule has 0 aliphatic heterocycles. The van der Waals surface area contributed by atoms with Crippen LogP contribution in [-0.2, 0) is 14.9 Å². The number of aromatic hydroxyl groups is 1. The number of aryl methyl sites for hydroxylation is 1. The Morgan fingerprint density at radius 3 is 2.56 bits per heavy atom. The fraction of sp³-hybridized carbons (Fsp3) is 0.550. The second-order valence-corrected chi connectivity index (χ2v) is 6.76. The van der Waals surface area contributed by atoms with E-state index in [1.807, 2.05) is 26.1 Å². The highest BCUT2D eigenvalue weighted by molar-refractivity contribution is 5.96. The van der Waals surface area contributed by atoms with Crippen molar-refractivity contribution in [2.45, 2.75) is 45.1 Å². The molecule has 138 valence electrons. The number of hydrogen-bond acceptors (Lipinski definition) is 5. The second kappa shape index (κ2) is 7.48. The second-order valence-electron chi connectivity index (χ2n) is 6.76. The molecule has 1 aromatic carbocycles. The smallest absolute Gasteiger partial charge is 0.197 e. The molecule has 0 bridgehead atoms. The van der Waals surface area contributed by atoms with Crippen LogP contribution in [0.1, 0.15) is 37.8 Å². The van der Waals surface area contributed by atoms with Crippen LogP contribution in [0.3, 0.4) is 0 Å². The lowest BCUT2D eigenvalue weighted by Gasteiger charge is -2.45. The number of phenolic OH excluding ortho intramolecular Hbond substituents is 1. The van der Waals surface area contributed by atoms with E-state index in [4.69, 9.17) is 9.47 Å². The van der Waals surface area contributed by atoms with Gasteiger partial charge in [0.2, 0.25) is 0 Å². The zero-order chi connectivity index (χ0) is 18.8. The maximum absolute atomic E-state index is 12.7. The first-order chi connectivity index (χ1) is 11.9. The molecular weight excluding hydrogens is 318 g/mol. The van der Waals surface area contributed by atoms with Crippen molar-refractivity contribution in [3.8, 4) is 11.5 Å². The summed E-state index contributed by atoms with van der Waals surface area (Å²) in [5.74, 6) is 0.909. The maximum Gasteiger partial charge on any atom is 0.197 e. The minimum Gasteiger partial charge on any atom is -0.504 e. The summed E-state index contributed by atoms with van der Waals surface area (Å²) in [5.41, 5.74) is 1.22. The van der Waals surface area contributed by atoms with Crippen LogP contribution in [0.25, 0.3) is 0 Å². The van der Waals surface area contributed by atoms with Crippen LogP contribution in [-0.4, -0.2) is 38.2 Å². The molecule has 5 heteroatoms. The third-order valence-corrected chi connectivity index (χ3v) is 5.63. The minimum absolute atomic E-state index is 0.00754. The molecule has 0 amide bonds. The van der Waals surface area contributed by atoms with Crippen LogP contribution < -0.4 is 10.1 Å². The summed E-state index contributed by atoms with van der Waals surface area (Å²) in [6.07, 6.45) is 2.92. The topological polar surface area (TPSA) is 67.8 Å². The van der Waals surface area contributed by atoms with Gasteiger partial charge in [0.1, 0.15) is 0 Å². The number of carbonyl (C=O) groups is 1. The van der Waals surface area contributed by atoms with E-state index in [1.165, 1.54) is 14.2 Å². The number of carbonyl (C=O) groups excluding carboxylic acids is 1. The first-order valence-corrected chi connectivity index (χ1v) is 8.69. The van der Waals surface area contributed by atoms with Crippen LogP contribution >= 0.6 is 0 Å². The van der Waals surface area contributed by atoms with Crippen LogP contribution in [0.15, 0.2) is 24.0 Å². The Kier molecular flexibility index (Phi) is 5.78. The molecule has 2 rings (SSSR count). The molecule has 0 fully saturated rings. The number of Topliss-reactive ketones (excluding diaryl/α,β-unsaturated/α-hetero) is 1. The van der Waals surface area contributed by atoms with Crippen molar-refractivity contribution in [2.75, 3.05) is 21.3 Å². The lowest BCUT2D eigenvalue weighted by atomic mass is 9.59. The molecule has 1 aromatic rings. The third-order valence-electron chi connectivity index (χ3n) is 5.63. The van der Waals surface area contributed by atoms with Crippen molar-refractivity contribution in [3.05, 3.63) is 35.1 Å². The zero-order valence-corrected chi connectivity index (χ0v) is 16.0. The van der Waals surface area contributed by atoms with Gasteiger partial charge in [-0.15, -0.1) is 0 Å². The molecule has 1 unspecified atom stereocenters. The van der Waals surface area contributed by atoms with Crippen molar-refractivity contribution in [3.63, 3.8) is 0 Å². The molecule has 0 radical (unpaired) electrons. The molecule has 1 aliphatic rings. The van der Waals surface area contributed by atoms with E-state index in [1.54, 1.807) is 6.07 Å². The van der Waals surface area contributed by atoms with Gasteiger partial charge in [-0.3, -0.25) is 4.79 Å². The molecule has 0 spiro atoms. The molecule has 5 nitrogen and oxygen atoms in total. The SMILES string of the molecule is CCC1(c2c(C)ccc(OC)c2O)CC(=O)C(OC)=C[C@@H]1[C@H](C)NC. The van der Waals surface area contributed by atoms with E-state index < -0.39 is 5.41 Å². The number of ether oxygens (including phenoxy) is 2. The van der Waals surface area contributed by atoms with Crippen LogP contribution in [0.2, 0.25) is 0 Å². The number of ketones is 1. The Labute approximate surface area is 150 Å². The molecule has 25 heavy (non-hydrogen) atoms. The summed E-state index contributed by atoms with van der Waals surface area (Å²) in [4.78, 5) is 12.7. The van der Waals surface area contributed by atoms with Gasteiger partial charge in [-0.1, -0.05) is 13.0 Å². The standard InChI is InChI=1S/C20H29NO4/c1-7-20(18-12(2)8-9-16(24-5)19(18)23)11-15(22)17(25-6)10-14(20)13(3)21-4/h8-10,13-14,21,23H,7,11H2,1-6H3/t13-,14+,20?/m0/s1. The Bertz CT molecular complexity index is 683. The van der Waals surface area contributed by atoms with Crippen molar-refractivity contribution in [1.29, 1.82) is 0 Å². The van der Waals surface area contributed by atoms with E-state index in [9.17, 15) is 9.90 Å². The van der Waals surface area contributed by atoms with Crippen LogP contribution in [0.5, 0.6) is 11.5 Å². The van der Waals surface area contributed by atoms with Gasteiger partial charge in [0.15, 0.2) is 23.0 Å². The summed E-state index contributed by atoms with van der Waals surface area (Å²) in [5, 5.41) is 14.2. The van der Waals surface area contributed by atoms with E-state index >= 15 is 0 Å². The van der Waals surface area contributed by atoms with E-state index in [0.717, 1.165) is 11.1 Å². The van der Waals surface area contributed by atoms with Gasteiger partial charge >= 0.3 is 0 Å². The predicted octanol–water partition coefficient (Wildman–Crippen LogP) is 3.08. The number of nitrogens with one attached hydrogen (secondary N) is 1. The van der Waals surface area contributed by atoms with E-state index in [2.05, 4.69) is 19.2 Å². The third kappa shape index (κ3) is 3.13. The normalized spacial score (nSPS) is 24.6. The Morgan fingerprint density at radius 1 is 1.36 bits per heavy atom. The lowest BCUT2D eigenvalue weighted by Crippen LogP contribution is -2.48. The van der Waals surface area contributed by atoms with Crippen molar-refractivity contribution in [1.82, 2.24) is 5.32 Å². The van der Waals surface area contributed by atoms with Gasteiger partial charge in [-0.25, -0.2) is 0 Å². The average molecular weight is 347 g/mol. The molecule has 0 saturated heterocycles. The first kappa shape index (κ1) is 19.3. The summed E-state index contributed by atoms with van der Waals surface area (Å²) in [6.45, 7) is 6.11. The molecule has 0 saturated carbocycles. The number of rotatable bonds is 6. The molecule has 1 aliphatic carbocycles. The lowest BCUT2D eigenvalue weighted by molar-refractivity contribution is -0.121. The van der Waals surface area contributed by atoms with Gasteiger partial charge < -0.3 is 19.9 Å². The summed E-state index contributed by atoms with van der Waals surface area (Å²) in [7, 11) is 4.97. The zero-order valence-electron chi connectivity index (χ0n) is 16.0. The van der Waals surface area contributed by atoms with Gasteiger partial charge in [-0.2, -0.15) is 0 Å². The largest absolute Gasteiger partial charge is 0.504 e. The number of methoxy groups -OCH3 is 2. The molecule has 3 atom stereocenters. The summed E-state index contributed by atoms with van der Waals surface area (Å²) < 4.78 is 10.6. The number of benzene rings is 1. The molecular formula is C20H29NO4. The van der Waals surface area contributed by atoms with Crippen molar-refractivity contribution in [2.24, 2.45) is 5.92 Å². The Hall–Kier alpha value is -2.01. The summed E-state index contributed by atoms with van der Waals surface area (Å²) >= 11 is 0. The van der Waals surface area contributed by atoms with E-state index in [0.29, 0.717) is 24.4 Å². The number of hydrogen-bond donors (Lipinski definition) is 2. The van der Waals surface area contributed by atoms with Crippen molar-refractivity contribution < 1.29 is 19.4 Å². The predicted molar refractivity (Wildman–Crippen MR) is 98.1 cm³/mol. The van der Waals surface area contributed by atoms with E-state index in [-0.39, 0.29) is 23.5 Å². The fourth-order valence-corrected chi connectivity index (χ4v) is 4.15. The Morgan fingerprint density at radius 2 is 2.04 bits per heavy atom. The minimum atomic E-state index is -0.524. The molecule has 0 aromatic heterocycles. The van der Waals surface area contributed by atoms with Crippen LogP contribution in [0.4, 0.5) is 0 Å². The number of allylic oxidation sites excluding steroid dienone is 1. The molecule has 0 heterocycles. The maximum atomic E-state index is 12.7. The Balaban J connectivity index is 2.77. The molecule has 2 N–H and O–H groups in total. The monoisotopic (exact) mass is 347 g/mol. The van der Waals surface area contributed by atoms with Gasteiger partial charge in [0.25, 0.3) is 0 Å². The highest BCUT2D eigenvalue weighted by atomic mass is 16.5. The number of phenols is 1.